The van der Waals surface area contributed by atoms with E-state index in [-0.39, 0.29) is 11.3 Å². The Morgan fingerprint density at radius 2 is 2.17 bits per heavy atom. The highest BCUT2D eigenvalue weighted by atomic mass is 79.9. The van der Waals surface area contributed by atoms with Crippen LogP contribution in [0.3, 0.4) is 0 Å². The number of hydrogen-bond donors (Lipinski definition) is 1. The van der Waals surface area contributed by atoms with Gasteiger partial charge in [-0.25, -0.2) is 4.79 Å². The number of nitrogens with zero attached hydrogens (tertiary/aromatic N) is 1. The number of benzene rings is 1. The minimum absolute atomic E-state index is 0.0399. The summed E-state index contributed by atoms with van der Waals surface area (Å²) in [6.45, 7) is 1.93. The number of carbonyl (C=O) groups is 1. The number of pyridine rings is 1. The Morgan fingerprint density at radius 3 is 2.83 bits per heavy atom. The first-order valence-electron chi connectivity index (χ1n) is 5.19. The lowest BCUT2D eigenvalue weighted by atomic mass is 10.2. The van der Waals surface area contributed by atoms with E-state index >= 15 is 0 Å². The fourth-order valence-corrected chi connectivity index (χ4v) is 1.69. The molecule has 0 aliphatic carbocycles. The third kappa shape index (κ3) is 2.68. The molecule has 2 rings (SSSR count). The molecule has 0 spiro atoms. The molecule has 0 bridgehead atoms. The molecule has 1 heterocycles. The summed E-state index contributed by atoms with van der Waals surface area (Å²) in [5.74, 6) is -0.199. The van der Waals surface area contributed by atoms with Gasteiger partial charge in [-0.1, -0.05) is 15.9 Å². The minimum Gasteiger partial charge on any atom is -0.477 e. The first-order chi connectivity index (χ1) is 8.58. The van der Waals surface area contributed by atoms with Crippen LogP contribution in [0.25, 0.3) is 0 Å². The first kappa shape index (κ1) is 12.6. The lowest BCUT2D eigenvalue weighted by Crippen LogP contribution is -2.00. The summed E-state index contributed by atoms with van der Waals surface area (Å²) < 4.78 is 6.54. The summed E-state index contributed by atoms with van der Waals surface area (Å²) >= 11 is 3.39. The van der Waals surface area contributed by atoms with Crippen LogP contribution in [0, 0.1) is 6.92 Å². The molecule has 18 heavy (non-hydrogen) atoms. The number of aromatic nitrogens is 1. The van der Waals surface area contributed by atoms with Crippen molar-refractivity contribution in [3.8, 4) is 11.5 Å². The SMILES string of the molecule is Cc1cc(Oc2ccncc2C(=O)O)ccc1Br. The Kier molecular flexibility index (Phi) is 3.62. The van der Waals surface area contributed by atoms with Crippen molar-refractivity contribution in [1.29, 1.82) is 0 Å². The van der Waals surface area contributed by atoms with Gasteiger partial charge in [-0.3, -0.25) is 4.98 Å². The second-order valence-corrected chi connectivity index (χ2v) is 4.54. The van der Waals surface area contributed by atoms with Crippen molar-refractivity contribution >= 4 is 21.9 Å². The summed E-state index contributed by atoms with van der Waals surface area (Å²) in [5.41, 5.74) is 1.05. The second kappa shape index (κ2) is 5.18. The zero-order valence-electron chi connectivity index (χ0n) is 9.55. The summed E-state index contributed by atoms with van der Waals surface area (Å²) in [7, 11) is 0. The van der Waals surface area contributed by atoms with E-state index in [1.165, 1.54) is 18.5 Å². The Balaban J connectivity index is 2.34. The Bertz CT molecular complexity index is 599. The molecule has 0 aliphatic rings. The number of carboxylic acid groups (broad SMARTS) is 1. The molecular formula is C13H10BrNO3. The van der Waals surface area contributed by atoms with Crippen LogP contribution in [0.4, 0.5) is 0 Å². The summed E-state index contributed by atoms with van der Waals surface area (Å²) in [6.07, 6.45) is 2.76. The normalized spacial score (nSPS) is 10.1. The topological polar surface area (TPSA) is 59.4 Å². The highest BCUT2D eigenvalue weighted by Gasteiger charge is 2.12. The fraction of sp³-hybridized carbons (Fsp3) is 0.0769. The quantitative estimate of drug-likeness (QED) is 0.940. The lowest BCUT2D eigenvalue weighted by molar-refractivity contribution is 0.0693. The number of aromatic carboxylic acids is 1. The molecule has 1 N–H and O–H groups in total. The largest absolute Gasteiger partial charge is 0.477 e. The molecule has 0 saturated carbocycles. The molecule has 0 radical (unpaired) electrons. The van der Waals surface area contributed by atoms with Gasteiger partial charge in [0.05, 0.1) is 0 Å². The smallest absolute Gasteiger partial charge is 0.341 e. The summed E-state index contributed by atoms with van der Waals surface area (Å²) in [5, 5.41) is 9.01. The minimum atomic E-state index is -1.06. The van der Waals surface area contributed by atoms with Crippen molar-refractivity contribution in [3.05, 3.63) is 52.3 Å². The maximum absolute atomic E-state index is 11.0. The van der Waals surface area contributed by atoms with E-state index < -0.39 is 5.97 Å². The van der Waals surface area contributed by atoms with Crippen molar-refractivity contribution in [2.24, 2.45) is 0 Å². The van der Waals surface area contributed by atoms with Crippen LogP contribution in [0.2, 0.25) is 0 Å². The van der Waals surface area contributed by atoms with Gasteiger partial charge in [0.25, 0.3) is 0 Å². The van der Waals surface area contributed by atoms with E-state index in [1.807, 2.05) is 19.1 Å². The van der Waals surface area contributed by atoms with Crippen LogP contribution in [0.1, 0.15) is 15.9 Å². The van der Waals surface area contributed by atoms with Crippen molar-refractivity contribution in [2.45, 2.75) is 6.92 Å². The standard InChI is InChI=1S/C13H10BrNO3/c1-8-6-9(2-3-11(8)14)18-12-4-5-15-7-10(12)13(16)17/h2-7H,1H3,(H,16,17). The molecule has 1 aromatic carbocycles. The molecule has 2 aromatic rings. The zero-order valence-corrected chi connectivity index (χ0v) is 11.1. The maximum atomic E-state index is 11.0. The van der Waals surface area contributed by atoms with E-state index in [0.29, 0.717) is 5.75 Å². The first-order valence-corrected chi connectivity index (χ1v) is 5.98. The van der Waals surface area contributed by atoms with Gasteiger partial charge in [0.15, 0.2) is 0 Å². The second-order valence-electron chi connectivity index (χ2n) is 3.69. The lowest BCUT2D eigenvalue weighted by Gasteiger charge is -2.09. The van der Waals surface area contributed by atoms with E-state index in [4.69, 9.17) is 9.84 Å². The van der Waals surface area contributed by atoms with Gasteiger partial charge in [0.1, 0.15) is 17.1 Å². The van der Waals surface area contributed by atoms with Gasteiger partial charge in [-0.15, -0.1) is 0 Å². The van der Waals surface area contributed by atoms with Gasteiger partial charge >= 0.3 is 5.97 Å². The average molecular weight is 308 g/mol. The van der Waals surface area contributed by atoms with Crippen molar-refractivity contribution in [2.75, 3.05) is 0 Å². The zero-order chi connectivity index (χ0) is 13.1. The maximum Gasteiger partial charge on any atom is 0.341 e. The van der Waals surface area contributed by atoms with Crippen LogP contribution >= 0.6 is 15.9 Å². The van der Waals surface area contributed by atoms with Crippen molar-refractivity contribution in [3.63, 3.8) is 0 Å². The number of aryl methyl sites for hydroxylation is 1. The molecule has 5 heteroatoms. The highest BCUT2D eigenvalue weighted by molar-refractivity contribution is 9.10. The predicted octanol–water partition coefficient (Wildman–Crippen LogP) is 3.64. The van der Waals surface area contributed by atoms with Gasteiger partial charge in [0, 0.05) is 22.9 Å². The van der Waals surface area contributed by atoms with Crippen LogP contribution in [0.15, 0.2) is 41.1 Å². The number of carboxylic acids is 1. The number of ether oxygens (including phenoxy) is 1. The van der Waals surface area contributed by atoms with Crippen LogP contribution in [-0.2, 0) is 0 Å². The Labute approximate surface area is 112 Å². The molecule has 0 unspecified atom stereocenters. The number of hydrogen-bond acceptors (Lipinski definition) is 3. The monoisotopic (exact) mass is 307 g/mol. The van der Waals surface area contributed by atoms with Gasteiger partial charge in [0.2, 0.25) is 0 Å². The predicted molar refractivity (Wildman–Crippen MR) is 70.1 cm³/mol. The average Bonchev–Trinajstić information content (AvgIpc) is 2.34. The summed E-state index contributed by atoms with van der Waals surface area (Å²) in [4.78, 5) is 14.8. The van der Waals surface area contributed by atoms with E-state index in [2.05, 4.69) is 20.9 Å². The van der Waals surface area contributed by atoms with Crippen molar-refractivity contribution in [1.82, 2.24) is 4.98 Å². The third-order valence-corrected chi connectivity index (χ3v) is 3.26. The van der Waals surface area contributed by atoms with Gasteiger partial charge in [-0.05, 0) is 30.7 Å². The molecule has 4 nitrogen and oxygen atoms in total. The van der Waals surface area contributed by atoms with Gasteiger partial charge < -0.3 is 9.84 Å². The van der Waals surface area contributed by atoms with E-state index in [9.17, 15) is 4.79 Å². The number of rotatable bonds is 3. The fourth-order valence-electron chi connectivity index (χ4n) is 1.44. The number of halogens is 1. The molecule has 0 fully saturated rings. The van der Waals surface area contributed by atoms with E-state index in [1.54, 1.807) is 6.07 Å². The third-order valence-electron chi connectivity index (χ3n) is 2.37. The molecule has 0 amide bonds. The van der Waals surface area contributed by atoms with Gasteiger partial charge in [-0.2, -0.15) is 0 Å². The molecule has 0 atom stereocenters. The molecular weight excluding hydrogens is 298 g/mol. The Hall–Kier alpha value is -1.88. The molecule has 1 aromatic heterocycles. The Morgan fingerprint density at radius 1 is 1.39 bits per heavy atom. The van der Waals surface area contributed by atoms with Crippen LogP contribution in [-0.4, -0.2) is 16.1 Å². The van der Waals surface area contributed by atoms with Crippen molar-refractivity contribution < 1.29 is 14.6 Å². The molecule has 0 aliphatic heterocycles. The van der Waals surface area contributed by atoms with Crippen LogP contribution in [0.5, 0.6) is 11.5 Å². The molecule has 92 valence electrons. The highest BCUT2D eigenvalue weighted by Crippen LogP contribution is 2.27. The van der Waals surface area contributed by atoms with E-state index in [0.717, 1.165) is 10.0 Å². The molecule has 0 saturated heterocycles. The summed E-state index contributed by atoms with van der Waals surface area (Å²) in [6, 6.07) is 6.98. The van der Waals surface area contributed by atoms with Crippen LogP contribution < -0.4 is 4.74 Å².